The van der Waals surface area contributed by atoms with Crippen molar-refractivity contribution >= 4 is 15.8 Å². The molecule has 1 unspecified atom stereocenters. The number of carbonyl (C=O) groups is 1. The molecule has 1 fully saturated rings. The predicted molar refractivity (Wildman–Crippen MR) is 93.0 cm³/mol. The van der Waals surface area contributed by atoms with Gasteiger partial charge in [0, 0.05) is 6.42 Å². The highest BCUT2D eigenvalue weighted by Crippen LogP contribution is 2.48. The van der Waals surface area contributed by atoms with Crippen LogP contribution in [-0.4, -0.2) is 24.5 Å². The van der Waals surface area contributed by atoms with Crippen LogP contribution in [0.1, 0.15) is 37.8 Å². The lowest BCUT2D eigenvalue weighted by Crippen LogP contribution is -2.19. The van der Waals surface area contributed by atoms with Crippen molar-refractivity contribution in [3.8, 4) is 0 Å². The minimum Gasteiger partial charge on any atom is -0.298 e. The summed E-state index contributed by atoms with van der Waals surface area (Å²) in [6.07, 6.45) is 2.13. The molecule has 2 aromatic rings. The zero-order valence-electron chi connectivity index (χ0n) is 13.6. The molecule has 0 amide bonds. The summed E-state index contributed by atoms with van der Waals surface area (Å²) >= 11 is 0. The molecule has 3 atom stereocenters. The van der Waals surface area contributed by atoms with E-state index in [1.165, 1.54) is 4.31 Å². The van der Waals surface area contributed by atoms with Crippen molar-refractivity contribution in [3.05, 3.63) is 66.2 Å². The Hall–Kier alpha value is -1.98. The van der Waals surface area contributed by atoms with Gasteiger partial charge in [-0.15, -0.1) is 0 Å². The van der Waals surface area contributed by atoms with Crippen LogP contribution in [0, 0.1) is 0 Å². The number of hydrogen-bond acceptors (Lipinski definition) is 3. The van der Waals surface area contributed by atoms with E-state index in [0.29, 0.717) is 6.42 Å². The molecule has 1 aliphatic rings. The van der Waals surface area contributed by atoms with Crippen LogP contribution in [-0.2, 0) is 14.8 Å². The van der Waals surface area contributed by atoms with Crippen LogP contribution in [0.15, 0.2) is 65.6 Å². The molecule has 5 heteroatoms. The fraction of sp³-hybridized carbons (Fsp3) is 0.316. The molecule has 0 bridgehead atoms. The maximum atomic E-state index is 12.9. The third kappa shape index (κ3) is 3.14. The van der Waals surface area contributed by atoms with E-state index >= 15 is 0 Å². The minimum atomic E-state index is -3.67. The van der Waals surface area contributed by atoms with Gasteiger partial charge in [0.15, 0.2) is 5.78 Å². The Bertz CT molecular complexity index is 803. The fourth-order valence-corrected chi connectivity index (χ4v) is 4.78. The highest BCUT2D eigenvalue weighted by Gasteiger charge is 2.59. The van der Waals surface area contributed by atoms with Gasteiger partial charge in [0.2, 0.25) is 10.0 Å². The smallest absolute Gasteiger partial charge is 0.244 e. The number of nitrogens with zero attached hydrogens (tertiary/aromatic N) is 1. The highest BCUT2D eigenvalue weighted by atomic mass is 32.2. The SMILES string of the molecule is CCCCC(=O)[C@H]1[C@@H](c2ccccc2)N1S(=O)(=O)c1ccccc1. The molecule has 0 N–H and O–H groups in total. The summed E-state index contributed by atoms with van der Waals surface area (Å²) in [5.41, 5.74) is 0.867. The van der Waals surface area contributed by atoms with Gasteiger partial charge in [-0.25, -0.2) is 8.42 Å². The molecule has 24 heavy (non-hydrogen) atoms. The van der Waals surface area contributed by atoms with E-state index in [2.05, 4.69) is 0 Å². The summed E-state index contributed by atoms with van der Waals surface area (Å²) in [5, 5.41) is 0. The molecule has 0 aromatic heterocycles. The standard InChI is InChI=1S/C19H21NO3S/c1-2-3-14-17(21)19-18(15-10-6-4-7-11-15)20(19)24(22,23)16-12-8-5-9-13-16/h4-13,18-19H,2-3,14H2,1H3/t18-,19+,20?/m1/s1. The Kier molecular flexibility index (Phi) is 4.83. The van der Waals surface area contributed by atoms with Crippen molar-refractivity contribution in [3.63, 3.8) is 0 Å². The lowest BCUT2D eigenvalue weighted by Gasteiger charge is -2.06. The van der Waals surface area contributed by atoms with Crippen LogP contribution >= 0.6 is 0 Å². The molecule has 1 aliphatic heterocycles. The van der Waals surface area contributed by atoms with Crippen LogP contribution in [0.25, 0.3) is 0 Å². The highest BCUT2D eigenvalue weighted by molar-refractivity contribution is 7.89. The summed E-state index contributed by atoms with van der Waals surface area (Å²) < 4.78 is 27.2. The molecule has 1 saturated heterocycles. The number of unbranched alkanes of at least 4 members (excludes halogenated alkanes) is 1. The largest absolute Gasteiger partial charge is 0.298 e. The van der Waals surface area contributed by atoms with E-state index < -0.39 is 16.1 Å². The summed E-state index contributed by atoms with van der Waals surface area (Å²) in [6.45, 7) is 2.02. The van der Waals surface area contributed by atoms with Crippen LogP contribution < -0.4 is 0 Å². The number of benzene rings is 2. The van der Waals surface area contributed by atoms with Crippen molar-refractivity contribution in [2.45, 2.75) is 43.2 Å². The quantitative estimate of drug-likeness (QED) is 0.722. The van der Waals surface area contributed by atoms with Crippen molar-refractivity contribution in [1.29, 1.82) is 0 Å². The molecule has 0 radical (unpaired) electrons. The summed E-state index contributed by atoms with van der Waals surface area (Å²) in [7, 11) is -3.67. The average molecular weight is 343 g/mol. The van der Waals surface area contributed by atoms with Crippen molar-refractivity contribution in [1.82, 2.24) is 4.31 Å². The molecule has 0 aliphatic carbocycles. The number of hydrogen-bond donors (Lipinski definition) is 0. The predicted octanol–water partition coefficient (Wildman–Crippen LogP) is 3.56. The van der Waals surface area contributed by atoms with Gasteiger partial charge in [0.1, 0.15) is 6.04 Å². The Balaban J connectivity index is 1.93. The average Bonchev–Trinajstić information content (AvgIpc) is 3.38. The van der Waals surface area contributed by atoms with Crippen molar-refractivity contribution in [2.24, 2.45) is 0 Å². The van der Waals surface area contributed by atoms with Crippen LogP contribution in [0.2, 0.25) is 0 Å². The third-order valence-corrected chi connectivity index (χ3v) is 6.20. The Morgan fingerprint density at radius 2 is 1.58 bits per heavy atom. The van der Waals surface area contributed by atoms with Crippen molar-refractivity contribution in [2.75, 3.05) is 0 Å². The first-order chi connectivity index (χ1) is 11.6. The number of ketones is 1. The number of sulfonamides is 1. The van der Waals surface area contributed by atoms with Gasteiger partial charge >= 0.3 is 0 Å². The second-order valence-corrected chi connectivity index (χ2v) is 7.86. The van der Waals surface area contributed by atoms with Gasteiger partial charge in [0.25, 0.3) is 0 Å². The van der Waals surface area contributed by atoms with E-state index in [4.69, 9.17) is 0 Å². The van der Waals surface area contributed by atoms with Crippen LogP contribution in [0.3, 0.4) is 0 Å². The Labute approximate surface area is 143 Å². The molecule has 3 rings (SSSR count). The Morgan fingerprint density at radius 1 is 1.00 bits per heavy atom. The third-order valence-electron chi connectivity index (χ3n) is 4.32. The maximum absolute atomic E-state index is 12.9. The van der Waals surface area contributed by atoms with E-state index in [-0.39, 0.29) is 16.7 Å². The number of Topliss-reactive ketones (excluding diaryl/α,β-unsaturated/α-hetero) is 1. The minimum absolute atomic E-state index is 0.00482. The molecule has 2 aromatic carbocycles. The van der Waals surface area contributed by atoms with E-state index in [9.17, 15) is 13.2 Å². The topological polar surface area (TPSA) is 54.2 Å². The van der Waals surface area contributed by atoms with Gasteiger partial charge in [-0.3, -0.25) is 4.79 Å². The molecule has 126 valence electrons. The second-order valence-electron chi connectivity index (χ2n) is 6.02. The summed E-state index contributed by atoms with van der Waals surface area (Å²) in [5.74, 6) is 0.00482. The van der Waals surface area contributed by atoms with Crippen LogP contribution in [0.4, 0.5) is 0 Å². The van der Waals surface area contributed by atoms with Gasteiger partial charge in [0.05, 0.1) is 10.9 Å². The molecule has 0 spiro atoms. The summed E-state index contributed by atoms with van der Waals surface area (Å²) in [6, 6.07) is 16.7. The first kappa shape index (κ1) is 16.9. The molecular weight excluding hydrogens is 322 g/mol. The Morgan fingerprint density at radius 3 is 2.17 bits per heavy atom. The molecule has 0 saturated carbocycles. The lowest BCUT2D eigenvalue weighted by molar-refractivity contribution is -0.119. The zero-order chi connectivity index (χ0) is 17.2. The summed E-state index contributed by atoms with van der Waals surface area (Å²) in [4.78, 5) is 12.8. The maximum Gasteiger partial charge on any atom is 0.244 e. The number of carbonyl (C=O) groups excluding carboxylic acids is 1. The van der Waals surface area contributed by atoms with E-state index in [1.807, 2.05) is 37.3 Å². The van der Waals surface area contributed by atoms with Gasteiger partial charge in [-0.1, -0.05) is 61.9 Å². The first-order valence-electron chi connectivity index (χ1n) is 8.23. The van der Waals surface area contributed by atoms with E-state index in [1.54, 1.807) is 30.3 Å². The molecule has 1 heterocycles. The number of rotatable bonds is 7. The van der Waals surface area contributed by atoms with E-state index in [0.717, 1.165) is 18.4 Å². The monoisotopic (exact) mass is 343 g/mol. The zero-order valence-corrected chi connectivity index (χ0v) is 14.4. The normalized spacial score (nSPS) is 23.0. The van der Waals surface area contributed by atoms with Gasteiger partial charge in [-0.05, 0) is 24.1 Å². The fourth-order valence-electron chi connectivity index (χ4n) is 3.02. The lowest BCUT2D eigenvalue weighted by atomic mass is 10.0. The van der Waals surface area contributed by atoms with Gasteiger partial charge in [-0.2, -0.15) is 4.31 Å². The molecular formula is C19H21NO3S. The molecule has 4 nitrogen and oxygen atoms in total. The van der Waals surface area contributed by atoms with Gasteiger partial charge < -0.3 is 0 Å². The van der Waals surface area contributed by atoms with Crippen LogP contribution in [0.5, 0.6) is 0 Å². The first-order valence-corrected chi connectivity index (χ1v) is 9.67. The second kappa shape index (κ2) is 6.87. The van der Waals surface area contributed by atoms with Crippen molar-refractivity contribution < 1.29 is 13.2 Å².